The van der Waals surface area contributed by atoms with Gasteiger partial charge in [0, 0.05) is 16.1 Å². The van der Waals surface area contributed by atoms with Crippen LogP contribution in [0.3, 0.4) is 0 Å². The van der Waals surface area contributed by atoms with Gasteiger partial charge in [0.05, 0.1) is 16.6 Å². The van der Waals surface area contributed by atoms with Crippen LogP contribution in [0, 0.1) is 21.4 Å². The summed E-state index contributed by atoms with van der Waals surface area (Å²) in [6, 6.07) is 10.4. The molecule has 0 aliphatic rings. The van der Waals surface area contributed by atoms with E-state index in [-0.39, 0.29) is 22.7 Å². The highest BCUT2D eigenvalue weighted by molar-refractivity contribution is 9.10. The number of ether oxygens (including phenoxy) is 1. The van der Waals surface area contributed by atoms with E-state index in [4.69, 9.17) is 10.00 Å². The molecule has 0 heterocycles. The second-order valence-corrected chi connectivity index (χ2v) is 4.91. The van der Waals surface area contributed by atoms with Crippen LogP contribution in [-0.2, 0) is 0 Å². The minimum atomic E-state index is -0.543. The summed E-state index contributed by atoms with van der Waals surface area (Å²) in [5.41, 5.74) is 0.378. The first-order chi connectivity index (χ1) is 10.0. The Labute approximate surface area is 127 Å². The van der Waals surface area contributed by atoms with Crippen molar-refractivity contribution in [2.24, 2.45) is 0 Å². The highest BCUT2D eigenvalue weighted by atomic mass is 79.9. The van der Waals surface area contributed by atoms with Gasteiger partial charge in [0.15, 0.2) is 0 Å². The number of hydrogen-bond acceptors (Lipinski definition) is 5. The number of benzene rings is 2. The molecule has 0 N–H and O–H groups in total. The van der Waals surface area contributed by atoms with Crippen molar-refractivity contribution in [3.05, 3.63) is 62.1 Å². The summed E-state index contributed by atoms with van der Waals surface area (Å²) >= 11 is 3.16. The van der Waals surface area contributed by atoms with Gasteiger partial charge in [-0.2, -0.15) is 5.26 Å². The van der Waals surface area contributed by atoms with Crippen molar-refractivity contribution in [1.82, 2.24) is 0 Å². The lowest BCUT2D eigenvalue weighted by Crippen LogP contribution is -1.93. The first kappa shape index (κ1) is 14.7. The van der Waals surface area contributed by atoms with Crippen molar-refractivity contribution in [2.75, 3.05) is 0 Å². The molecule has 6 nitrogen and oxygen atoms in total. The van der Waals surface area contributed by atoms with Crippen molar-refractivity contribution < 1.29 is 14.5 Å². The van der Waals surface area contributed by atoms with E-state index in [0.717, 1.165) is 0 Å². The van der Waals surface area contributed by atoms with E-state index in [0.29, 0.717) is 16.3 Å². The summed E-state index contributed by atoms with van der Waals surface area (Å²) in [5, 5.41) is 19.9. The van der Waals surface area contributed by atoms with E-state index in [2.05, 4.69) is 15.9 Å². The quantitative estimate of drug-likeness (QED) is 0.476. The third-order valence-electron chi connectivity index (χ3n) is 2.55. The Kier molecular flexibility index (Phi) is 4.30. The fraction of sp³-hybridized carbons (Fsp3) is 0. The van der Waals surface area contributed by atoms with Gasteiger partial charge in [-0.3, -0.25) is 14.9 Å². The van der Waals surface area contributed by atoms with E-state index in [1.807, 2.05) is 6.07 Å². The Morgan fingerprint density at radius 3 is 2.67 bits per heavy atom. The van der Waals surface area contributed by atoms with Crippen LogP contribution in [-0.4, -0.2) is 11.2 Å². The van der Waals surface area contributed by atoms with E-state index in [1.54, 1.807) is 6.07 Å². The number of hydrogen-bond donors (Lipinski definition) is 0. The van der Waals surface area contributed by atoms with Gasteiger partial charge in [0.1, 0.15) is 23.9 Å². The van der Waals surface area contributed by atoms with Crippen LogP contribution in [0.15, 0.2) is 40.9 Å². The maximum Gasteiger partial charge on any atom is 0.274 e. The maximum absolute atomic E-state index is 10.8. The molecule has 0 saturated heterocycles. The number of nitriles is 1. The number of carbonyl (C=O) groups excluding carboxylic acids is 1. The second kappa shape index (κ2) is 6.15. The summed E-state index contributed by atoms with van der Waals surface area (Å²) in [6.45, 7) is 0. The molecule has 21 heavy (non-hydrogen) atoms. The van der Waals surface area contributed by atoms with Gasteiger partial charge in [-0.15, -0.1) is 0 Å². The topological polar surface area (TPSA) is 93.2 Å². The van der Waals surface area contributed by atoms with Gasteiger partial charge in [-0.05, 0) is 24.3 Å². The molecular weight excluding hydrogens is 340 g/mol. The largest absolute Gasteiger partial charge is 0.456 e. The zero-order valence-electron chi connectivity index (χ0n) is 10.4. The molecule has 0 spiro atoms. The van der Waals surface area contributed by atoms with Crippen molar-refractivity contribution >= 4 is 27.9 Å². The number of carbonyl (C=O) groups is 1. The monoisotopic (exact) mass is 346 g/mol. The summed E-state index contributed by atoms with van der Waals surface area (Å²) < 4.78 is 5.98. The van der Waals surface area contributed by atoms with Gasteiger partial charge < -0.3 is 4.74 Å². The molecule has 0 unspecified atom stereocenters. The van der Waals surface area contributed by atoms with E-state index in [1.165, 1.54) is 30.3 Å². The zero-order valence-corrected chi connectivity index (χ0v) is 12.0. The van der Waals surface area contributed by atoms with E-state index in [9.17, 15) is 14.9 Å². The molecule has 2 aromatic carbocycles. The minimum Gasteiger partial charge on any atom is -0.456 e. The van der Waals surface area contributed by atoms with Gasteiger partial charge in [-0.25, -0.2) is 0 Å². The van der Waals surface area contributed by atoms with Crippen molar-refractivity contribution in [3.8, 4) is 17.6 Å². The van der Waals surface area contributed by atoms with Gasteiger partial charge in [0.2, 0.25) is 0 Å². The standard InChI is InChI=1S/C14H7BrN2O4/c15-11-4-12(17(19)20)6-13(5-11)21-14-2-1-9(8-18)3-10(14)7-16/h1-6,8H. The predicted octanol–water partition coefficient (Wildman–Crippen LogP) is 3.83. The van der Waals surface area contributed by atoms with Crippen LogP contribution in [0.5, 0.6) is 11.5 Å². The smallest absolute Gasteiger partial charge is 0.274 e. The molecule has 104 valence electrons. The summed E-state index contributed by atoms with van der Waals surface area (Å²) in [4.78, 5) is 20.9. The van der Waals surface area contributed by atoms with Crippen molar-refractivity contribution in [2.45, 2.75) is 0 Å². The predicted molar refractivity (Wildman–Crippen MR) is 77.4 cm³/mol. The molecule has 2 rings (SSSR count). The van der Waals surface area contributed by atoms with Crippen LogP contribution < -0.4 is 4.74 Å². The molecule has 0 saturated carbocycles. The SMILES string of the molecule is N#Cc1cc(C=O)ccc1Oc1cc(Br)cc([N+](=O)[O-])c1. The molecule has 0 fully saturated rings. The van der Waals surface area contributed by atoms with Crippen molar-refractivity contribution in [1.29, 1.82) is 5.26 Å². The summed E-state index contributed by atoms with van der Waals surface area (Å²) in [6.07, 6.45) is 0.620. The molecule has 0 atom stereocenters. The van der Waals surface area contributed by atoms with Gasteiger partial charge >= 0.3 is 0 Å². The first-order valence-electron chi connectivity index (χ1n) is 5.65. The second-order valence-electron chi connectivity index (χ2n) is 3.99. The maximum atomic E-state index is 10.8. The molecular formula is C14H7BrN2O4. The fourth-order valence-corrected chi connectivity index (χ4v) is 2.10. The molecule has 7 heteroatoms. The lowest BCUT2D eigenvalue weighted by molar-refractivity contribution is -0.385. The number of nitrogens with zero attached hydrogens (tertiary/aromatic N) is 2. The Balaban J connectivity index is 2.41. The number of nitro groups is 1. The number of nitro benzene ring substituents is 1. The number of rotatable bonds is 4. The lowest BCUT2D eigenvalue weighted by Gasteiger charge is -2.08. The molecule has 0 amide bonds. The average molecular weight is 347 g/mol. The van der Waals surface area contributed by atoms with E-state index >= 15 is 0 Å². The van der Waals surface area contributed by atoms with Crippen LogP contribution in [0.1, 0.15) is 15.9 Å². The Morgan fingerprint density at radius 2 is 2.05 bits per heavy atom. The average Bonchev–Trinajstić information content (AvgIpc) is 2.47. The Hall–Kier alpha value is -2.72. The third kappa shape index (κ3) is 3.43. The molecule has 0 aromatic heterocycles. The molecule has 0 bridgehead atoms. The third-order valence-corrected chi connectivity index (χ3v) is 3.01. The van der Waals surface area contributed by atoms with Crippen LogP contribution >= 0.6 is 15.9 Å². The van der Waals surface area contributed by atoms with Crippen LogP contribution in [0.25, 0.3) is 0 Å². The summed E-state index contributed by atoms with van der Waals surface area (Å²) in [5.74, 6) is 0.432. The van der Waals surface area contributed by atoms with Gasteiger partial charge in [-0.1, -0.05) is 15.9 Å². The van der Waals surface area contributed by atoms with Crippen LogP contribution in [0.2, 0.25) is 0 Å². The highest BCUT2D eigenvalue weighted by Crippen LogP contribution is 2.31. The highest BCUT2D eigenvalue weighted by Gasteiger charge is 2.12. The normalized spacial score (nSPS) is 9.71. The van der Waals surface area contributed by atoms with Crippen molar-refractivity contribution in [3.63, 3.8) is 0 Å². The zero-order chi connectivity index (χ0) is 15.4. The Morgan fingerprint density at radius 1 is 1.29 bits per heavy atom. The fourth-order valence-electron chi connectivity index (χ4n) is 1.64. The molecule has 0 radical (unpaired) electrons. The Bertz CT molecular complexity index is 768. The molecule has 0 aliphatic carbocycles. The number of non-ortho nitro benzene ring substituents is 1. The molecule has 0 aliphatic heterocycles. The molecule has 2 aromatic rings. The van der Waals surface area contributed by atoms with Gasteiger partial charge in [0.25, 0.3) is 5.69 Å². The van der Waals surface area contributed by atoms with E-state index < -0.39 is 4.92 Å². The minimum absolute atomic E-state index is 0.137. The van der Waals surface area contributed by atoms with Crippen LogP contribution in [0.4, 0.5) is 5.69 Å². The number of aldehydes is 1. The summed E-state index contributed by atoms with van der Waals surface area (Å²) in [7, 11) is 0. The lowest BCUT2D eigenvalue weighted by atomic mass is 10.1. The number of halogens is 1. The first-order valence-corrected chi connectivity index (χ1v) is 6.45.